The molecule has 1 heterocycles. The van der Waals surface area contributed by atoms with Gasteiger partial charge in [-0.1, -0.05) is 78.2 Å². The molecular weight excluding hydrogens is 673 g/mol. The van der Waals surface area contributed by atoms with Gasteiger partial charge in [-0.05, 0) is 69.9 Å². The summed E-state index contributed by atoms with van der Waals surface area (Å²) in [6, 6.07) is 16.5. The van der Waals surface area contributed by atoms with Crippen LogP contribution in [-0.4, -0.2) is 59.5 Å². The number of aryl methyl sites for hydroxylation is 5. The number of hydrogen-bond acceptors (Lipinski definition) is 6. The monoisotopic (exact) mass is 713 g/mol. The number of Topliss-reactive ketones (excluding diaryl/α,β-unsaturated/α-hetero) is 1. The second kappa shape index (κ2) is 17.6. The number of carbonyl (C=O) groups is 3. The molecule has 4 aromatic rings. The number of anilines is 1. The zero-order chi connectivity index (χ0) is 35.7. The third-order valence-corrected chi connectivity index (χ3v) is 8.98. The van der Waals surface area contributed by atoms with E-state index in [2.05, 4.69) is 18.1 Å². The summed E-state index contributed by atoms with van der Waals surface area (Å²) in [5.41, 5.74) is 6.50. The van der Waals surface area contributed by atoms with Gasteiger partial charge in [-0.2, -0.15) is 5.10 Å². The van der Waals surface area contributed by atoms with Crippen LogP contribution in [0.1, 0.15) is 68.1 Å². The number of halogens is 3. The minimum atomic E-state index is -0.335. The van der Waals surface area contributed by atoms with E-state index in [1.165, 1.54) is 4.68 Å². The van der Waals surface area contributed by atoms with E-state index in [-0.39, 0.29) is 52.5 Å². The van der Waals surface area contributed by atoms with Crippen molar-refractivity contribution in [2.24, 2.45) is 7.05 Å². The number of ketones is 2. The summed E-state index contributed by atoms with van der Waals surface area (Å²) in [4.78, 5) is 39.6. The summed E-state index contributed by atoms with van der Waals surface area (Å²) in [6.45, 7) is 11.7. The van der Waals surface area contributed by atoms with Crippen molar-refractivity contribution < 1.29 is 23.9 Å². The van der Waals surface area contributed by atoms with Gasteiger partial charge in [0.25, 0.3) is 0 Å². The first-order valence-corrected chi connectivity index (χ1v) is 16.8. The number of alkyl halides is 1. The Kier molecular flexibility index (Phi) is 14.2. The first-order chi connectivity index (χ1) is 22.8. The number of hydrogen-bond donors (Lipinski definition) is 0. The first-order valence-electron chi connectivity index (χ1n) is 15.5. The smallest absolute Gasteiger partial charge is 0.242 e. The number of methoxy groups -OCH3 is 1. The number of para-hydroxylation sites is 1. The van der Waals surface area contributed by atoms with E-state index in [1.807, 2.05) is 45.0 Å². The fourth-order valence-electron chi connectivity index (χ4n) is 5.31. The summed E-state index contributed by atoms with van der Waals surface area (Å²) in [5.74, 6) is -0.418. The Morgan fingerprint density at radius 2 is 1.65 bits per heavy atom. The molecule has 0 bridgehead atoms. The average molecular weight is 715 g/mol. The van der Waals surface area contributed by atoms with Crippen LogP contribution in [-0.2, 0) is 23.0 Å². The summed E-state index contributed by atoms with van der Waals surface area (Å²) in [5, 5.41) is 5.05. The molecule has 0 fully saturated rings. The van der Waals surface area contributed by atoms with Crippen LogP contribution in [0.15, 0.2) is 54.6 Å². The number of carbonyl (C=O) groups excluding carboxylic acids is 3. The number of aromatic nitrogens is 2. The number of rotatable bonds is 12. The molecule has 0 saturated heterocycles. The average Bonchev–Trinajstić information content (AvgIpc) is 3.35. The SMILES string of the molecule is CCc1cccc(C)c1N(C(=O)CCl)C(C)COC.Cc1ccc(C(=O)COc2c(C(=O)c3ccc(Cl)c(C)c3Cl)c(C)nn2C)cc1. The Hall–Kier alpha value is -3.69. The maximum absolute atomic E-state index is 13.2. The standard InChI is InChI=1S/C22H20Cl2N2O3.C15H22ClNO2/c1-12-5-7-15(8-6-12)18(27)11-29-22-19(14(3)25-26(22)4)21(28)16-9-10-17(23)13(2)20(16)24;1-5-13-8-6-7-11(2)15(13)17(14(18)9-16)12(3)10-19-4/h5-10H,11H2,1-4H3;6-8,12H,5,9-10H2,1-4H3. The van der Waals surface area contributed by atoms with Gasteiger partial charge in [0, 0.05) is 30.3 Å². The number of amides is 1. The van der Waals surface area contributed by atoms with Crippen LogP contribution in [0, 0.1) is 27.7 Å². The fraction of sp³-hybridized carbons (Fsp3) is 0.351. The van der Waals surface area contributed by atoms with Crippen molar-refractivity contribution in [3.63, 3.8) is 0 Å². The van der Waals surface area contributed by atoms with Gasteiger partial charge in [-0.15, -0.1) is 11.6 Å². The van der Waals surface area contributed by atoms with Gasteiger partial charge in [0.1, 0.15) is 11.4 Å². The second-order valence-corrected chi connectivity index (χ2v) is 12.5. The molecule has 1 unspecified atom stereocenters. The summed E-state index contributed by atoms with van der Waals surface area (Å²) in [7, 11) is 3.29. The van der Waals surface area contributed by atoms with Gasteiger partial charge < -0.3 is 14.4 Å². The maximum atomic E-state index is 13.2. The second-order valence-electron chi connectivity index (χ2n) is 11.5. The number of ether oxygens (including phenoxy) is 2. The Morgan fingerprint density at radius 1 is 0.979 bits per heavy atom. The molecule has 1 aromatic heterocycles. The van der Waals surface area contributed by atoms with Crippen LogP contribution in [0.2, 0.25) is 10.0 Å². The lowest BCUT2D eigenvalue weighted by Crippen LogP contribution is -2.43. The summed E-state index contributed by atoms with van der Waals surface area (Å²) in [6.07, 6.45) is 0.878. The molecule has 48 heavy (non-hydrogen) atoms. The Morgan fingerprint density at radius 3 is 2.25 bits per heavy atom. The molecule has 8 nitrogen and oxygen atoms in total. The minimum absolute atomic E-state index is 0.0223. The highest BCUT2D eigenvalue weighted by Gasteiger charge is 2.27. The van der Waals surface area contributed by atoms with Crippen LogP contribution in [0.3, 0.4) is 0 Å². The highest BCUT2D eigenvalue weighted by molar-refractivity contribution is 6.39. The number of benzene rings is 3. The van der Waals surface area contributed by atoms with Crippen LogP contribution in [0.5, 0.6) is 5.88 Å². The fourth-order valence-corrected chi connectivity index (χ4v) is 5.90. The molecule has 1 amide bonds. The zero-order valence-corrected chi connectivity index (χ0v) is 30.9. The van der Waals surface area contributed by atoms with E-state index in [4.69, 9.17) is 44.3 Å². The molecule has 256 valence electrons. The largest absolute Gasteiger partial charge is 0.469 e. The predicted octanol–water partition coefficient (Wildman–Crippen LogP) is 8.31. The predicted molar refractivity (Wildman–Crippen MR) is 194 cm³/mol. The van der Waals surface area contributed by atoms with Crippen LogP contribution in [0.4, 0.5) is 5.69 Å². The normalized spacial score (nSPS) is 11.4. The minimum Gasteiger partial charge on any atom is -0.469 e. The van der Waals surface area contributed by atoms with Crippen molar-refractivity contribution in [3.8, 4) is 5.88 Å². The van der Waals surface area contributed by atoms with Crippen LogP contribution < -0.4 is 9.64 Å². The third-order valence-electron chi connectivity index (χ3n) is 7.85. The highest BCUT2D eigenvalue weighted by Crippen LogP contribution is 2.32. The molecule has 0 aliphatic rings. The van der Waals surface area contributed by atoms with Crippen molar-refractivity contribution in [1.29, 1.82) is 0 Å². The topological polar surface area (TPSA) is 90.7 Å². The van der Waals surface area contributed by atoms with Gasteiger partial charge in [0.05, 0.1) is 29.1 Å². The quantitative estimate of drug-likeness (QED) is 0.108. The van der Waals surface area contributed by atoms with Gasteiger partial charge in [-0.25, -0.2) is 4.68 Å². The van der Waals surface area contributed by atoms with Gasteiger partial charge in [0.2, 0.25) is 17.6 Å². The van der Waals surface area contributed by atoms with Crippen molar-refractivity contribution >= 4 is 58.0 Å². The maximum Gasteiger partial charge on any atom is 0.242 e. The van der Waals surface area contributed by atoms with E-state index >= 15 is 0 Å². The zero-order valence-electron chi connectivity index (χ0n) is 28.6. The lowest BCUT2D eigenvalue weighted by atomic mass is 10.0. The van der Waals surface area contributed by atoms with Crippen LogP contribution >= 0.6 is 34.8 Å². The van der Waals surface area contributed by atoms with Gasteiger partial charge in [-0.3, -0.25) is 14.4 Å². The Balaban J connectivity index is 0.000000286. The summed E-state index contributed by atoms with van der Waals surface area (Å²) < 4.78 is 12.4. The third kappa shape index (κ3) is 9.05. The van der Waals surface area contributed by atoms with Gasteiger partial charge >= 0.3 is 0 Å². The lowest BCUT2D eigenvalue weighted by Gasteiger charge is -2.31. The van der Waals surface area contributed by atoms with Crippen LogP contribution in [0.25, 0.3) is 0 Å². The first kappa shape index (κ1) is 38.8. The molecular formula is C37H42Cl3N3O5. The molecule has 4 rings (SSSR count). The Bertz CT molecular complexity index is 1770. The molecule has 3 aromatic carbocycles. The van der Waals surface area contributed by atoms with Crippen molar-refractivity contribution in [2.45, 2.75) is 54.0 Å². The molecule has 1 atom stereocenters. The van der Waals surface area contributed by atoms with E-state index in [9.17, 15) is 14.4 Å². The van der Waals surface area contributed by atoms with Crippen molar-refractivity contribution in [3.05, 3.63) is 109 Å². The van der Waals surface area contributed by atoms with Crippen molar-refractivity contribution in [2.75, 3.05) is 31.1 Å². The highest BCUT2D eigenvalue weighted by atomic mass is 35.5. The van der Waals surface area contributed by atoms with E-state index in [0.717, 1.165) is 28.8 Å². The summed E-state index contributed by atoms with van der Waals surface area (Å²) >= 11 is 18.2. The lowest BCUT2D eigenvalue weighted by molar-refractivity contribution is -0.116. The molecule has 0 saturated carbocycles. The molecule has 0 aliphatic heterocycles. The Labute approximate surface area is 297 Å². The van der Waals surface area contributed by atoms with E-state index in [0.29, 0.717) is 34.0 Å². The molecule has 0 N–H and O–H groups in total. The van der Waals surface area contributed by atoms with Crippen molar-refractivity contribution in [1.82, 2.24) is 9.78 Å². The molecule has 0 radical (unpaired) electrons. The molecule has 11 heteroatoms. The number of nitrogens with zero attached hydrogens (tertiary/aromatic N) is 3. The van der Waals surface area contributed by atoms with E-state index < -0.39 is 0 Å². The van der Waals surface area contributed by atoms with E-state index in [1.54, 1.807) is 57.2 Å². The molecule has 0 spiro atoms. The molecule has 0 aliphatic carbocycles. The van der Waals surface area contributed by atoms with Gasteiger partial charge in [0.15, 0.2) is 12.4 Å².